The first-order valence-electron chi connectivity index (χ1n) is 8.43. The first-order valence-corrected chi connectivity index (χ1v) is 8.43. The lowest BCUT2D eigenvalue weighted by Crippen LogP contribution is -2.63. The van der Waals surface area contributed by atoms with E-state index in [0.29, 0.717) is 12.0 Å². The molecule has 20 heavy (non-hydrogen) atoms. The van der Waals surface area contributed by atoms with Crippen molar-refractivity contribution >= 4 is 0 Å². The highest BCUT2D eigenvalue weighted by Gasteiger charge is 2.48. The normalized spacial score (nSPS) is 32.2. The first-order chi connectivity index (χ1) is 9.57. The molecule has 2 saturated heterocycles. The summed E-state index contributed by atoms with van der Waals surface area (Å²) in [4.78, 5) is 2.63. The second kappa shape index (κ2) is 5.56. The highest BCUT2D eigenvalue weighted by atomic mass is 16.5. The number of hydrazine groups is 1. The largest absolute Gasteiger partial charge is 0.375 e. The summed E-state index contributed by atoms with van der Waals surface area (Å²) in [6.07, 6.45) is 8.85. The number of hydrogen-bond acceptors (Lipinski definition) is 4. The molecule has 0 aromatic heterocycles. The zero-order valence-corrected chi connectivity index (χ0v) is 13.2. The number of nitrogens with two attached hydrogens (primary N) is 1. The first kappa shape index (κ1) is 14.8. The van der Waals surface area contributed by atoms with E-state index in [1.54, 1.807) is 0 Å². The quantitative estimate of drug-likeness (QED) is 0.611. The minimum absolute atomic E-state index is 0.137. The summed E-state index contributed by atoms with van der Waals surface area (Å²) in [5, 5.41) is 0. The van der Waals surface area contributed by atoms with Gasteiger partial charge in [0.05, 0.1) is 5.60 Å². The van der Waals surface area contributed by atoms with Crippen molar-refractivity contribution in [2.45, 2.75) is 76.0 Å². The van der Waals surface area contributed by atoms with Crippen molar-refractivity contribution in [1.82, 2.24) is 10.3 Å². The van der Waals surface area contributed by atoms with E-state index in [0.717, 1.165) is 13.0 Å². The summed E-state index contributed by atoms with van der Waals surface area (Å²) in [6, 6.07) is 0.363. The van der Waals surface area contributed by atoms with Crippen LogP contribution in [-0.2, 0) is 4.74 Å². The zero-order valence-electron chi connectivity index (χ0n) is 13.2. The molecule has 2 aliphatic heterocycles. The van der Waals surface area contributed by atoms with Crippen molar-refractivity contribution in [3.63, 3.8) is 0 Å². The van der Waals surface area contributed by atoms with Crippen molar-refractivity contribution in [2.75, 3.05) is 19.7 Å². The van der Waals surface area contributed by atoms with Gasteiger partial charge < -0.3 is 4.74 Å². The van der Waals surface area contributed by atoms with Gasteiger partial charge in [-0.05, 0) is 77.8 Å². The van der Waals surface area contributed by atoms with Gasteiger partial charge >= 0.3 is 0 Å². The second-order valence-electron chi connectivity index (χ2n) is 7.63. The van der Waals surface area contributed by atoms with E-state index in [1.165, 1.54) is 51.6 Å². The molecule has 1 spiro atoms. The summed E-state index contributed by atoms with van der Waals surface area (Å²) >= 11 is 0. The van der Waals surface area contributed by atoms with Gasteiger partial charge in [0.1, 0.15) is 0 Å². The van der Waals surface area contributed by atoms with Crippen LogP contribution in [0.4, 0.5) is 0 Å². The van der Waals surface area contributed by atoms with Crippen LogP contribution in [-0.4, -0.2) is 41.8 Å². The molecule has 3 aliphatic rings. The summed E-state index contributed by atoms with van der Waals surface area (Å²) in [5.74, 6) is 6.63. The summed E-state index contributed by atoms with van der Waals surface area (Å²) < 4.78 is 6.08. The molecule has 0 aromatic rings. The Balaban J connectivity index is 1.71. The highest BCUT2D eigenvalue weighted by molar-refractivity contribution is 5.03. The van der Waals surface area contributed by atoms with E-state index in [-0.39, 0.29) is 11.1 Å². The van der Waals surface area contributed by atoms with Crippen LogP contribution in [0.1, 0.15) is 58.8 Å². The van der Waals surface area contributed by atoms with Crippen LogP contribution >= 0.6 is 0 Å². The fourth-order valence-corrected chi connectivity index (χ4v) is 4.68. The smallest absolute Gasteiger partial charge is 0.0685 e. The van der Waals surface area contributed by atoms with Gasteiger partial charge in [0.25, 0.3) is 0 Å². The van der Waals surface area contributed by atoms with Crippen molar-refractivity contribution in [2.24, 2.45) is 11.8 Å². The molecular weight excluding hydrogens is 250 g/mol. The van der Waals surface area contributed by atoms with Crippen molar-refractivity contribution in [1.29, 1.82) is 0 Å². The van der Waals surface area contributed by atoms with Crippen molar-refractivity contribution in [3.8, 4) is 0 Å². The van der Waals surface area contributed by atoms with Gasteiger partial charge in [-0.25, -0.2) is 0 Å². The number of nitrogens with zero attached hydrogens (tertiary/aromatic N) is 1. The van der Waals surface area contributed by atoms with Crippen molar-refractivity contribution < 1.29 is 4.74 Å². The molecule has 2 atom stereocenters. The Bertz CT molecular complexity index is 335. The monoisotopic (exact) mass is 281 g/mol. The van der Waals surface area contributed by atoms with Gasteiger partial charge in [-0.2, -0.15) is 0 Å². The lowest BCUT2D eigenvalue weighted by Gasteiger charge is -2.52. The Morgan fingerprint density at radius 2 is 1.95 bits per heavy atom. The molecule has 3 N–H and O–H groups in total. The SMILES string of the molecule is CC(C)(C(NN)C1CCOC2(CCC2)C1)N1CCCC1. The standard InChI is InChI=1S/C16H31N3O/c1-15(2,19-9-3-4-10-19)14(18-17)13-6-11-20-16(12-13)7-5-8-16/h13-14,18H,3-12,17H2,1-2H3. The Hall–Kier alpha value is -0.160. The second-order valence-corrected chi connectivity index (χ2v) is 7.63. The molecule has 3 rings (SSSR count). The lowest BCUT2D eigenvalue weighted by atomic mass is 9.68. The molecule has 0 radical (unpaired) electrons. The van der Waals surface area contributed by atoms with Crippen molar-refractivity contribution in [3.05, 3.63) is 0 Å². The number of likely N-dealkylation sites (tertiary alicyclic amines) is 1. The molecule has 1 saturated carbocycles. The average molecular weight is 281 g/mol. The number of nitrogens with one attached hydrogen (secondary N) is 1. The summed E-state index contributed by atoms with van der Waals surface area (Å²) in [7, 11) is 0. The van der Waals surface area contributed by atoms with Crippen LogP contribution in [0.2, 0.25) is 0 Å². The van der Waals surface area contributed by atoms with Crippen LogP contribution in [0.5, 0.6) is 0 Å². The van der Waals surface area contributed by atoms with Gasteiger partial charge in [-0.15, -0.1) is 0 Å². The maximum absolute atomic E-state index is 6.08. The molecular formula is C16H31N3O. The van der Waals surface area contributed by atoms with E-state index in [1.807, 2.05) is 0 Å². The fraction of sp³-hybridized carbons (Fsp3) is 1.00. The molecule has 4 heteroatoms. The molecule has 2 heterocycles. The minimum atomic E-state index is 0.137. The topological polar surface area (TPSA) is 50.5 Å². The molecule has 2 unspecified atom stereocenters. The Labute approximate surface area is 123 Å². The predicted molar refractivity (Wildman–Crippen MR) is 81.3 cm³/mol. The van der Waals surface area contributed by atoms with Crippen LogP contribution < -0.4 is 11.3 Å². The van der Waals surface area contributed by atoms with Crippen LogP contribution in [0.25, 0.3) is 0 Å². The van der Waals surface area contributed by atoms with Crippen LogP contribution in [0, 0.1) is 5.92 Å². The molecule has 4 nitrogen and oxygen atoms in total. The van der Waals surface area contributed by atoms with E-state index in [2.05, 4.69) is 24.2 Å². The third-order valence-corrected chi connectivity index (χ3v) is 6.13. The number of rotatable bonds is 4. The van der Waals surface area contributed by atoms with Gasteiger partial charge in [-0.3, -0.25) is 16.2 Å². The minimum Gasteiger partial charge on any atom is -0.375 e. The van der Waals surface area contributed by atoms with E-state index in [9.17, 15) is 0 Å². The molecule has 0 aromatic carbocycles. The van der Waals surface area contributed by atoms with E-state index < -0.39 is 0 Å². The fourth-order valence-electron chi connectivity index (χ4n) is 4.68. The maximum Gasteiger partial charge on any atom is 0.0685 e. The summed E-state index contributed by atoms with van der Waals surface area (Å²) in [6.45, 7) is 8.09. The average Bonchev–Trinajstić information content (AvgIpc) is 2.92. The third-order valence-electron chi connectivity index (χ3n) is 6.13. The molecule has 0 bridgehead atoms. The van der Waals surface area contributed by atoms with Crippen LogP contribution in [0.3, 0.4) is 0 Å². The molecule has 1 aliphatic carbocycles. The van der Waals surface area contributed by atoms with Gasteiger partial charge in [0.15, 0.2) is 0 Å². The molecule has 0 amide bonds. The van der Waals surface area contributed by atoms with E-state index in [4.69, 9.17) is 10.6 Å². The van der Waals surface area contributed by atoms with Gasteiger partial charge in [-0.1, -0.05) is 0 Å². The third kappa shape index (κ3) is 2.52. The number of ether oxygens (including phenoxy) is 1. The lowest BCUT2D eigenvalue weighted by molar-refractivity contribution is -0.152. The maximum atomic E-state index is 6.08. The Morgan fingerprint density at radius 1 is 1.25 bits per heavy atom. The Morgan fingerprint density at radius 3 is 2.50 bits per heavy atom. The molecule has 116 valence electrons. The zero-order chi connectivity index (χ0) is 14.2. The van der Waals surface area contributed by atoms with Crippen LogP contribution in [0.15, 0.2) is 0 Å². The highest BCUT2D eigenvalue weighted by Crippen LogP contribution is 2.46. The number of hydrogen-bond donors (Lipinski definition) is 2. The van der Waals surface area contributed by atoms with Gasteiger partial charge in [0.2, 0.25) is 0 Å². The predicted octanol–water partition coefficient (Wildman–Crippen LogP) is 2.04. The Kier molecular flexibility index (Phi) is 4.10. The van der Waals surface area contributed by atoms with E-state index >= 15 is 0 Å². The molecule has 3 fully saturated rings. The summed E-state index contributed by atoms with van der Waals surface area (Å²) in [5.41, 5.74) is 3.52. The van der Waals surface area contributed by atoms with Gasteiger partial charge in [0, 0.05) is 18.2 Å².